The Balaban J connectivity index is 1.78. The van der Waals surface area contributed by atoms with Gasteiger partial charge in [-0.1, -0.05) is 91.9 Å². The number of hydrogen-bond acceptors (Lipinski definition) is 1. The van der Waals surface area contributed by atoms with Crippen molar-refractivity contribution in [2.24, 2.45) is 5.92 Å². The fourth-order valence-electron chi connectivity index (χ4n) is 3.20. The second kappa shape index (κ2) is 9.65. The van der Waals surface area contributed by atoms with Crippen molar-refractivity contribution in [3.63, 3.8) is 0 Å². The maximum absolute atomic E-state index is 13.4. The van der Waals surface area contributed by atoms with Crippen LogP contribution in [0.1, 0.15) is 29.5 Å². The Bertz CT molecular complexity index is 904. The van der Waals surface area contributed by atoms with Crippen LogP contribution in [0, 0.1) is 11.7 Å². The summed E-state index contributed by atoms with van der Waals surface area (Å²) < 4.78 is 13.4. The van der Waals surface area contributed by atoms with Crippen LogP contribution in [0.4, 0.5) is 4.39 Å². The predicted octanol–water partition coefficient (Wildman–Crippen LogP) is 5.58. The summed E-state index contributed by atoms with van der Waals surface area (Å²) in [6.45, 7) is 2.47. The highest BCUT2D eigenvalue weighted by Crippen LogP contribution is 2.27. The van der Waals surface area contributed by atoms with Crippen LogP contribution in [-0.2, 0) is 11.3 Å². The molecular weight excluding hydrogens is 349 g/mol. The van der Waals surface area contributed by atoms with E-state index in [2.05, 4.69) is 5.32 Å². The minimum absolute atomic E-state index is 0.0542. The molecule has 3 heteroatoms. The smallest absolute Gasteiger partial charge is 0.228 e. The lowest BCUT2D eigenvalue weighted by Gasteiger charge is -2.22. The molecule has 0 saturated heterocycles. The fourth-order valence-corrected chi connectivity index (χ4v) is 3.20. The molecule has 0 spiro atoms. The molecule has 1 amide bonds. The lowest BCUT2D eigenvalue weighted by Crippen LogP contribution is -2.32. The van der Waals surface area contributed by atoms with Crippen LogP contribution in [-0.4, -0.2) is 5.91 Å². The lowest BCUT2D eigenvalue weighted by molar-refractivity contribution is -0.123. The minimum atomic E-state index is -0.399. The molecule has 0 heterocycles. The Morgan fingerprint density at radius 2 is 1.54 bits per heavy atom. The van der Waals surface area contributed by atoms with Gasteiger partial charge in [0, 0.05) is 6.54 Å². The van der Waals surface area contributed by atoms with Gasteiger partial charge in [0.1, 0.15) is 5.82 Å². The quantitative estimate of drug-likeness (QED) is 0.576. The molecule has 2 nitrogen and oxygen atoms in total. The van der Waals surface area contributed by atoms with E-state index in [9.17, 15) is 9.18 Å². The van der Waals surface area contributed by atoms with Crippen LogP contribution in [0.3, 0.4) is 0 Å². The predicted molar refractivity (Wildman–Crippen MR) is 112 cm³/mol. The molecule has 1 N–H and O–H groups in total. The molecule has 2 atom stereocenters. The summed E-state index contributed by atoms with van der Waals surface area (Å²) >= 11 is 0. The number of halogens is 1. The highest BCUT2D eigenvalue weighted by molar-refractivity contribution is 5.84. The normalized spacial score (nSPS) is 13.2. The van der Waals surface area contributed by atoms with Crippen LogP contribution in [0.25, 0.3) is 6.08 Å². The molecule has 142 valence electrons. The molecule has 0 unspecified atom stereocenters. The fraction of sp³-hybridized carbons (Fsp3) is 0.160. The Hall–Kier alpha value is -3.20. The number of rotatable bonds is 7. The van der Waals surface area contributed by atoms with Gasteiger partial charge in [0.05, 0.1) is 5.92 Å². The van der Waals surface area contributed by atoms with Gasteiger partial charge >= 0.3 is 0 Å². The second-order valence-corrected chi connectivity index (χ2v) is 6.86. The first kappa shape index (κ1) is 19.6. The molecule has 3 aromatic rings. The Morgan fingerprint density at radius 1 is 0.929 bits per heavy atom. The number of carbonyl (C=O) groups excluding carboxylic acids is 1. The van der Waals surface area contributed by atoms with Gasteiger partial charge < -0.3 is 5.32 Å². The lowest BCUT2D eigenvalue weighted by atomic mass is 9.85. The molecule has 28 heavy (non-hydrogen) atoms. The van der Waals surface area contributed by atoms with Crippen LogP contribution >= 0.6 is 0 Å². The third kappa shape index (κ3) is 5.40. The largest absolute Gasteiger partial charge is 0.351 e. The van der Waals surface area contributed by atoms with Crippen LogP contribution in [0.5, 0.6) is 0 Å². The van der Waals surface area contributed by atoms with Gasteiger partial charge in [-0.15, -0.1) is 0 Å². The topological polar surface area (TPSA) is 29.1 Å². The van der Waals surface area contributed by atoms with Crippen molar-refractivity contribution in [3.05, 3.63) is 114 Å². The summed E-state index contributed by atoms with van der Waals surface area (Å²) in [6, 6.07) is 26.0. The first-order chi connectivity index (χ1) is 13.6. The summed E-state index contributed by atoms with van der Waals surface area (Å²) in [5.74, 6) is -0.828. The zero-order chi connectivity index (χ0) is 19.8. The van der Waals surface area contributed by atoms with Crippen molar-refractivity contribution >= 4 is 12.0 Å². The molecule has 0 radical (unpaired) electrons. The molecule has 0 bridgehead atoms. The van der Waals surface area contributed by atoms with E-state index >= 15 is 0 Å². The molecule has 0 aliphatic carbocycles. The standard InChI is InChI=1S/C25H24FNO/c1-19(12-13-20-8-4-2-5-9-20)24(22-14-16-23(26)17-15-22)25(28)27-18-21-10-6-3-7-11-21/h2-17,19,24H,18H2,1H3,(H,27,28)/b13-12+/t19-,24+/m1/s1. The number of carbonyl (C=O) groups is 1. The van der Waals surface area contributed by atoms with Gasteiger partial charge in [-0.2, -0.15) is 0 Å². The SMILES string of the molecule is C[C@H](/C=C/c1ccccc1)[C@H](C(=O)NCc1ccccc1)c1ccc(F)cc1. The summed E-state index contributed by atoms with van der Waals surface area (Å²) in [5.41, 5.74) is 2.93. The average Bonchev–Trinajstić information content (AvgIpc) is 2.74. The maximum atomic E-state index is 13.4. The van der Waals surface area contributed by atoms with Gasteiger partial charge in [0.15, 0.2) is 0 Å². The molecule has 3 aromatic carbocycles. The van der Waals surface area contributed by atoms with E-state index < -0.39 is 5.92 Å². The minimum Gasteiger partial charge on any atom is -0.351 e. The molecule has 0 aliphatic heterocycles. The van der Waals surface area contributed by atoms with Crippen molar-refractivity contribution < 1.29 is 9.18 Å². The van der Waals surface area contributed by atoms with E-state index in [1.54, 1.807) is 12.1 Å². The second-order valence-electron chi connectivity index (χ2n) is 6.86. The van der Waals surface area contributed by atoms with E-state index in [1.165, 1.54) is 12.1 Å². The van der Waals surface area contributed by atoms with E-state index in [0.29, 0.717) is 6.54 Å². The third-order valence-corrected chi connectivity index (χ3v) is 4.74. The monoisotopic (exact) mass is 373 g/mol. The van der Waals surface area contributed by atoms with Gasteiger partial charge in [-0.05, 0) is 34.7 Å². The van der Waals surface area contributed by atoms with Crippen molar-refractivity contribution in [3.8, 4) is 0 Å². The van der Waals surface area contributed by atoms with E-state index in [4.69, 9.17) is 0 Å². The van der Waals surface area contributed by atoms with Gasteiger partial charge in [-0.25, -0.2) is 4.39 Å². The Kier molecular flexibility index (Phi) is 6.74. The van der Waals surface area contributed by atoms with Crippen LogP contribution < -0.4 is 5.32 Å². The maximum Gasteiger partial charge on any atom is 0.228 e. The van der Waals surface area contributed by atoms with Gasteiger partial charge in [0.25, 0.3) is 0 Å². The Labute approximate surface area is 165 Å². The average molecular weight is 373 g/mol. The van der Waals surface area contributed by atoms with Crippen molar-refractivity contribution in [2.75, 3.05) is 0 Å². The number of amides is 1. The summed E-state index contributed by atoms with van der Waals surface area (Å²) in [5, 5.41) is 3.02. The summed E-state index contributed by atoms with van der Waals surface area (Å²) in [6.07, 6.45) is 4.05. The first-order valence-corrected chi connectivity index (χ1v) is 9.44. The van der Waals surface area contributed by atoms with Crippen LogP contribution in [0.2, 0.25) is 0 Å². The number of allylic oxidation sites excluding steroid dienone is 1. The Morgan fingerprint density at radius 3 is 2.18 bits per heavy atom. The highest BCUT2D eigenvalue weighted by atomic mass is 19.1. The summed E-state index contributed by atoms with van der Waals surface area (Å²) in [7, 11) is 0. The van der Waals surface area contributed by atoms with Crippen molar-refractivity contribution in [2.45, 2.75) is 19.4 Å². The number of hydrogen-bond donors (Lipinski definition) is 1. The molecular formula is C25H24FNO. The van der Waals surface area contributed by atoms with E-state index in [1.807, 2.05) is 79.7 Å². The molecule has 3 rings (SSSR count). The van der Waals surface area contributed by atoms with E-state index in [-0.39, 0.29) is 17.6 Å². The molecule has 0 saturated carbocycles. The zero-order valence-corrected chi connectivity index (χ0v) is 15.9. The summed E-state index contributed by atoms with van der Waals surface area (Å²) in [4.78, 5) is 13.0. The van der Waals surface area contributed by atoms with E-state index in [0.717, 1.165) is 16.7 Å². The third-order valence-electron chi connectivity index (χ3n) is 4.74. The first-order valence-electron chi connectivity index (χ1n) is 9.44. The van der Waals surface area contributed by atoms with Crippen molar-refractivity contribution in [1.29, 1.82) is 0 Å². The molecule has 0 aliphatic rings. The highest BCUT2D eigenvalue weighted by Gasteiger charge is 2.25. The van der Waals surface area contributed by atoms with Gasteiger partial charge in [0.2, 0.25) is 5.91 Å². The zero-order valence-electron chi connectivity index (χ0n) is 15.9. The number of nitrogens with one attached hydrogen (secondary N) is 1. The van der Waals surface area contributed by atoms with Gasteiger partial charge in [-0.3, -0.25) is 4.79 Å². The van der Waals surface area contributed by atoms with Crippen LogP contribution in [0.15, 0.2) is 91.0 Å². The number of benzene rings is 3. The van der Waals surface area contributed by atoms with Crippen molar-refractivity contribution in [1.82, 2.24) is 5.32 Å². The molecule has 0 aromatic heterocycles. The molecule has 0 fully saturated rings.